The number of hydrogen-bond donors (Lipinski definition) is 2. The highest BCUT2D eigenvalue weighted by molar-refractivity contribution is 7.20. The molecule has 0 aliphatic rings. The third-order valence-corrected chi connectivity index (χ3v) is 3.71. The van der Waals surface area contributed by atoms with Crippen LogP contribution in [0.2, 0.25) is 0 Å². The Labute approximate surface area is 116 Å². The number of fused-ring (bicyclic) bond motifs is 1. The maximum Gasteiger partial charge on any atom is 0.357 e. The number of aromatic carboxylic acids is 1. The molecule has 1 aromatic carbocycles. The topological polar surface area (TPSA) is 118 Å². The van der Waals surface area contributed by atoms with Crippen molar-refractivity contribution in [1.82, 2.24) is 14.8 Å². The first-order valence-corrected chi connectivity index (χ1v) is 6.31. The van der Waals surface area contributed by atoms with Crippen molar-refractivity contribution in [2.75, 3.05) is 5.73 Å². The van der Waals surface area contributed by atoms with Crippen LogP contribution in [0.15, 0.2) is 24.3 Å². The summed E-state index contributed by atoms with van der Waals surface area (Å²) >= 11 is 1.32. The van der Waals surface area contributed by atoms with Crippen LogP contribution in [-0.4, -0.2) is 25.8 Å². The van der Waals surface area contributed by atoms with E-state index in [1.165, 1.54) is 16.0 Å². The van der Waals surface area contributed by atoms with Crippen molar-refractivity contribution in [2.24, 2.45) is 0 Å². The molecule has 98 valence electrons. The molecule has 20 heavy (non-hydrogen) atoms. The minimum absolute atomic E-state index is 0.0241. The smallest absolute Gasteiger partial charge is 0.357 e. The van der Waals surface area contributed by atoms with Gasteiger partial charge in [-0.25, -0.2) is 9.78 Å². The van der Waals surface area contributed by atoms with Gasteiger partial charge in [-0.15, -0.1) is 0 Å². The Bertz CT molecular complexity index is 841. The molecule has 0 spiro atoms. The summed E-state index contributed by atoms with van der Waals surface area (Å²) in [5, 5.41) is 22.3. The third kappa shape index (κ3) is 1.69. The lowest BCUT2D eigenvalue weighted by molar-refractivity contribution is 0.0689. The highest BCUT2D eigenvalue weighted by Crippen LogP contribution is 2.27. The Morgan fingerprint density at radius 1 is 1.45 bits per heavy atom. The Balaban J connectivity index is 2.24. The second kappa shape index (κ2) is 4.32. The van der Waals surface area contributed by atoms with Crippen LogP contribution in [0, 0.1) is 11.3 Å². The van der Waals surface area contributed by atoms with Crippen LogP contribution in [0.5, 0.6) is 0 Å². The van der Waals surface area contributed by atoms with E-state index in [2.05, 4.69) is 10.1 Å². The maximum atomic E-state index is 11.1. The molecule has 0 atom stereocenters. The fraction of sp³-hybridized carbons (Fsp3) is 0. The third-order valence-electron chi connectivity index (χ3n) is 2.70. The zero-order valence-electron chi connectivity index (χ0n) is 9.94. The normalized spacial score (nSPS) is 10.6. The quantitative estimate of drug-likeness (QED) is 0.738. The second-order valence-corrected chi connectivity index (χ2v) is 4.91. The van der Waals surface area contributed by atoms with Crippen molar-refractivity contribution in [3.63, 3.8) is 0 Å². The average molecular weight is 285 g/mol. The molecule has 0 aliphatic heterocycles. The molecule has 0 radical (unpaired) electrons. The molecule has 7 nitrogen and oxygen atoms in total. The second-order valence-electron chi connectivity index (χ2n) is 3.90. The molecule has 0 saturated carbocycles. The molecule has 3 N–H and O–H groups in total. The number of nitrogens with two attached hydrogens (primary N) is 1. The van der Waals surface area contributed by atoms with E-state index in [-0.39, 0.29) is 17.1 Å². The van der Waals surface area contributed by atoms with E-state index in [1.54, 1.807) is 6.07 Å². The van der Waals surface area contributed by atoms with Gasteiger partial charge in [0.15, 0.2) is 5.69 Å². The highest BCUT2D eigenvalue weighted by atomic mass is 32.1. The van der Waals surface area contributed by atoms with E-state index in [4.69, 9.17) is 16.1 Å². The molecule has 8 heteroatoms. The highest BCUT2D eigenvalue weighted by Gasteiger charge is 2.23. The van der Waals surface area contributed by atoms with Crippen LogP contribution >= 0.6 is 11.3 Å². The zero-order valence-corrected chi connectivity index (χ0v) is 10.8. The molecule has 0 saturated heterocycles. The summed E-state index contributed by atoms with van der Waals surface area (Å²) in [7, 11) is 0. The van der Waals surface area contributed by atoms with Crippen LogP contribution in [-0.2, 0) is 0 Å². The monoisotopic (exact) mass is 285 g/mol. The van der Waals surface area contributed by atoms with Gasteiger partial charge in [-0.3, -0.25) is 0 Å². The number of nitrogen functional groups attached to an aromatic ring is 1. The minimum Gasteiger partial charge on any atom is -0.476 e. The lowest BCUT2D eigenvalue weighted by Crippen LogP contribution is -2.02. The first-order valence-electron chi connectivity index (χ1n) is 5.49. The number of thiazole rings is 1. The van der Waals surface area contributed by atoms with Gasteiger partial charge < -0.3 is 10.8 Å². The van der Waals surface area contributed by atoms with E-state index < -0.39 is 5.97 Å². The minimum atomic E-state index is -1.30. The SMILES string of the molecule is N#Cc1c(C(=O)O)nn(-c2nc3ccccc3s2)c1N. The Morgan fingerprint density at radius 2 is 2.20 bits per heavy atom. The van der Waals surface area contributed by atoms with Gasteiger partial charge >= 0.3 is 5.97 Å². The molecule has 0 bridgehead atoms. The predicted molar refractivity (Wildman–Crippen MR) is 72.8 cm³/mol. The fourth-order valence-electron chi connectivity index (χ4n) is 1.79. The van der Waals surface area contributed by atoms with Gasteiger partial charge in [0.2, 0.25) is 5.13 Å². The molecule has 2 heterocycles. The average Bonchev–Trinajstić information content (AvgIpc) is 2.98. The van der Waals surface area contributed by atoms with Crippen LogP contribution < -0.4 is 5.73 Å². The van der Waals surface area contributed by atoms with E-state index in [0.717, 1.165) is 10.2 Å². The zero-order chi connectivity index (χ0) is 14.3. The molecular formula is C12H7N5O2S. The Kier molecular flexibility index (Phi) is 2.62. The van der Waals surface area contributed by atoms with Crippen molar-refractivity contribution in [3.05, 3.63) is 35.5 Å². The molecule has 0 fully saturated rings. The lowest BCUT2D eigenvalue weighted by Gasteiger charge is -1.96. The molecule has 3 rings (SSSR count). The summed E-state index contributed by atoms with van der Waals surface area (Å²) in [6, 6.07) is 9.20. The van der Waals surface area contributed by atoms with Gasteiger partial charge in [0.05, 0.1) is 10.2 Å². The Hall–Kier alpha value is -2.92. The van der Waals surface area contributed by atoms with E-state index >= 15 is 0 Å². The number of nitriles is 1. The van der Waals surface area contributed by atoms with Gasteiger partial charge in [0.1, 0.15) is 17.5 Å². The van der Waals surface area contributed by atoms with Crippen molar-refractivity contribution in [3.8, 4) is 11.2 Å². The lowest BCUT2D eigenvalue weighted by atomic mass is 10.2. The molecule has 0 unspecified atom stereocenters. The van der Waals surface area contributed by atoms with Crippen LogP contribution in [0.25, 0.3) is 15.3 Å². The van der Waals surface area contributed by atoms with Crippen LogP contribution in [0.1, 0.15) is 16.1 Å². The van der Waals surface area contributed by atoms with Gasteiger partial charge in [0.25, 0.3) is 0 Å². The van der Waals surface area contributed by atoms with Gasteiger partial charge in [-0.05, 0) is 12.1 Å². The number of carbonyl (C=O) groups is 1. The molecule has 0 amide bonds. The summed E-state index contributed by atoms with van der Waals surface area (Å²) in [6.45, 7) is 0. The van der Waals surface area contributed by atoms with E-state index in [9.17, 15) is 4.79 Å². The van der Waals surface area contributed by atoms with Crippen LogP contribution in [0.4, 0.5) is 5.82 Å². The number of nitrogens with zero attached hydrogens (tertiary/aromatic N) is 4. The maximum absolute atomic E-state index is 11.1. The van der Waals surface area contributed by atoms with Gasteiger partial charge in [-0.1, -0.05) is 23.5 Å². The molecule has 0 aliphatic carbocycles. The number of anilines is 1. The molecule has 2 aromatic heterocycles. The molecular weight excluding hydrogens is 278 g/mol. The number of benzene rings is 1. The predicted octanol–water partition coefficient (Wildman–Crippen LogP) is 1.63. The van der Waals surface area contributed by atoms with Crippen molar-refractivity contribution in [1.29, 1.82) is 5.26 Å². The summed E-state index contributed by atoms with van der Waals surface area (Å²) in [5.41, 5.74) is 6.02. The Morgan fingerprint density at radius 3 is 2.80 bits per heavy atom. The standard InChI is InChI=1S/C12H7N5O2S/c13-5-6-9(11(18)19)16-17(10(6)14)12-15-7-3-1-2-4-8(7)20-12/h1-4H,14H2,(H,18,19). The van der Waals surface area contributed by atoms with Crippen molar-refractivity contribution >= 4 is 33.3 Å². The summed E-state index contributed by atoms with van der Waals surface area (Å²) < 4.78 is 2.11. The van der Waals surface area contributed by atoms with E-state index in [1.807, 2.05) is 24.3 Å². The number of aromatic nitrogens is 3. The fourth-order valence-corrected chi connectivity index (χ4v) is 2.72. The number of rotatable bonds is 2. The first-order chi connectivity index (χ1) is 9.61. The van der Waals surface area contributed by atoms with Crippen LogP contribution in [0.3, 0.4) is 0 Å². The van der Waals surface area contributed by atoms with Crippen molar-refractivity contribution < 1.29 is 9.90 Å². The molecule has 3 aromatic rings. The largest absolute Gasteiger partial charge is 0.476 e. The van der Waals surface area contributed by atoms with Gasteiger partial charge in [0, 0.05) is 0 Å². The van der Waals surface area contributed by atoms with Crippen molar-refractivity contribution in [2.45, 2.75) is 0 Å². The van der Waals surface area contributed by atoms with Gasteiger partial charge in [-0.2, -0.15) is 15.0 Å². The number of para-hydroxylation sites is 1. The summed E-state index contributed by atoms with van der Waals surface area (Å²) in [5.74, 6) is -1.32. The number of hydrogen-bond acceptors (Lipinski definition) is 6. The van der Waals surface area contributed by atoms with E-state index in [0.29, 0.717) is 5.13 Å². The first kappa shape index (κ1) is 12.1. The number of carboxylic acids is 1. The summed E-state index contributed by atoms with van der Waals surface area (Å²) in [4.78, 5) is 15.4. The number of carboxylic acid groups (broad SMARTS) is 1. The summed E-state index contributed by atoms with van der Waals surface area (Å²) in [6.07, 6.45) is 0.